The van der Waals surface area contributed by atoms with Gasteiger partial charge in [0, 0.05) is 17.6 Å². The number of carbonyl (C=O) groups is 1. The molecule has 0 heterocycles. The number of allylic oxidation sites excluding steroid dienone is 7. The molecule has 0 fully saturated rings. The van der Waals surface area contributed by atoms with Gasteiger partial charge >= 0.3 is 0 Å². The zero-order valence-electron chi connectivity index (χ0n) is 15.0. The Hall–Kier alpha value is -3.48. The number of ketones is 1. The van der Waals surface area contributed by atoms with Crippen molar-refractivity contribution in [2.24, 2.45) is 0 Å². The second-order valence-electron chi connectivity index (χ2n) is 6.33. The summed E-state index contributed by atoms with van der Waals surface area (Å²) >= 11 is 0. The lowest BCUT2D eigenvalue weighted by molar-refractivity contribution is 0.104. The number of carbonyl (C=O) groups excluding carboxylic acids is 2. The summed E-state index contributed by atoms with van der Waals surface area (Å²) in [7, 11) is 0. The van der Waals surface area contributed by atoms with Crippen LogP contribution in [0.15, 0.2) is 96.1 Å². The van der Waals surface area contributed by atoms with E-state index in [0.717, 1.165) is 17.5 Å². The van der Waals surface area contributed by atoms with Crippen LogP contribution in [0.2, 0.25) is 0 Å². The van der Waals surface area contributed by atoms with Crippen LogP contribution in [-0.2, 0) is 4.79 Å². The van der Waals surface area contributed by atoms with Gasteiger partial charge in [-0.3, -0.25) is 4.79 Å². The van der Waals surface area contributed by atoms with Crippen LogP contribution >= 0.6 is 0 Å². The molecule has 0 radical (unpaired) electrons. The molecule has 0 aromatic heterocycles. The summed E-state index contributed by atoms with van der Waals surface area (Å²) in [6.45, 7) is 0. The summed E-state index contributed by atoms with van der Waals surface area (Å²) in [4.78, 5) is 22.9. The Morgan fingerprint density at radius 3 is 2.56 bits per heavy atom. The molecule has 27 heavy (non-hydrogen) atoms. The maximum absolute atomic E-state index is 12.2. The Balaban J connectivity index is 1.63. The SMILES string of the molecule is O=C=C1C=CC=C(CC=Cc2cccc(/C=C/C(=O)c3ccccc3)c2)C1. The van der Waals surface area contributed by atoms with Gasteiger partial charge in [0.1, 0.15) is 5.94 Å². The van der Waals surface area contributed by atoms with Gasteiger partial charge in [0.05, 0.1) is 0 Å². The highest BCUT2D eigenvalue weighted by Gasteiger charge is 2.03. The van der Waals surface area contributed by atoms with Crippen LogP contribution in [0, 0.1) is 0 Å². The number of benzene rings is 2. The Kier molecular flexibility index (Phi) is 6.30. The lowest BCUT2D eigenvalue weighted by Crippen LogP contribution is -1.92. The Morgan fingerprint density at radius 1 is 1.00 bits per heavy atom. The van der Waals surface area contributed by atoms with Crippen LogP contribution in [0.3, 0.4) is 0 Å². The molecule has 3 rings (SSSR count). The Labute approximate surface area is 159 Å². The zero-order valence-corrected chi connectivity index (χ0v) is 15.0. The molecule has 0 unspecified atom stereocenters. The maximum Gasteiger partial charge on any atom is 0.185 e. The second-order valence-corrected chi connectivity index (χ2v) is 6.33. The van der Waals surface area contributed by atoms with E-state index < -0.39 is 0 Å². The van der Waals surface area contributed by atoms with Crippen molar-refractivity contribution in [1.29, 1.82) is 0 Å². The van der Waals surface area contributed by atoms with Crippen molar-refractivity contribution < 1.29 is 9.59 Å². The third-order valence-electron chi connectivity index (χ3n) is 4.26. The van der Waals surface area contributed by atoms with Gasteiger partial charge in [-0.2, -0.15) is 0 Å². The molecule has 2 aromatic carbocycles. The molecule has 0 aliphatic heterocycles. The first-order valence-electron chi connectivity index (χ1n) is 8.89. The largest absolute Gasteiger partial charge is 0.289 e. The van der Waals surface area contributed by atoms with Crippen LogP contribution in [0.4, 0.5) is 0 Å². The van der Waals surface area contributed by atoms with Crippen molar-refractivity contribution >= 4 is 23.9 Å². The minimum Gasteiger partial charge on any atom is -0.289 e. The summed E-state index contributed by atoms with van der Waals surface area (Å²) in [5, 5.41) is 0. The van der Waals surface area contributed by atoms with Gasteiger partial charge in [0.15, 0.2) is 5.78 Å². The monoisotopic (exact) mass is 352 g/mol. The van der Waals surface area contributed by atoms with Crippen molar-refractivity contribution in [1.82, 2.24) is 0 Å². The molecule has 132 valence electrons. The van der Waals surface area contributed by atoms with E-state index in [9.17, 15) is 9.59 Å². The fourth-order valence-corrected chi connectivity index (χ4v) is 2.86. The van der Waals surface area contributed by atoms with E-state index in [2.05, 4.69) is 12.2 Å². The molecular formula is C25H20O2. The van der Waals surface area contributed by atoms with Gasteiger partial charge in [-0.05, 0) is 35.8 Å². The highest BCUT2D eigenvalue weighted by Crippen LogP contribution is 2.19. The van der Waals surface area contributed by atoms with Crippen molar-refractivity contribution in [3.63, 3.8) is 0 Å². The predicted octanol–water partition coefficient (Wildman–Crippen LogP) is 5.63. The van der Waals surface area contributed by atoms with E-state index in [1.54, 1.807) is 12.2 Å². The van der Waals surface area contributed by atoms with Crippen LogP contribution < -0.4 is 0 Å². The smallest absolute Gasteiger partial charge is 0.185 e. The molecule has 2 nitrogen and oxygen atoms in total. The minimum absolute atomic E-state index is 0.00660. The van der Waals surface area contributed by atoms with Gasteiger partial charge in [0.25, 0.3) is 0 Å². The predicted molar refractivity (Wildman–Crippen MR) is 111 cm³/mol. The molecule has 2 aromatic rings. The number of hydrogen-bond donors (Lipinski definition) is 0. The fraction of sp³-hybridized carbons (Fsp3) is 0.0800. The quantitative estimate of drug-likeness (QED) is 0.383. The number of rotatable bonds is 6. The summed E-state index contributed by atoms with van der Waals surface area (Å²) in [5.41, 5.74) is 4.62. The first-order chi connectivity index (χ1) is 13.2. The fourth-order valence-electron chi connectivity index (χ4n) is 2.86. The van der Waals surface area contributed by atoms with Crippen molar-refractivity contribution in [3.05, 3.63) is 113 Å². The molecule has 1 aliphatic carbocycles. The molecule has 0 N–H and O–H groups in total. The summed E-state index contributed by atoms with van der Waals surface area (Å²) in [5.74, 6) is 1.96. The second kappa shape index (κ2) is 9.28. The minimum atomic E-state index is -0.00660. The molecule has 0 bridgehead atoms. The maximum atomic E-state index is 12.2. The van der Waals surface area contributed by atoms with Crippen molar-refractivity contribution in [3.8, 4) is 0 Å². The normalized spacial score (nSPS) is 13.8. The summed E-state index contributed by atoms with van der Waals surface area (Å²) < 4.78 is 0. The topological polar surface area (TPSA) is 34.1 Å². The van der Waals surface area contributed by atoms with E-state index in [0.29, 0.717) is 17.6 Å². The molecule has 0 saturated heterocycles. The first kappa shape index (κ1) is 18.3. The Bertz CT molecular complexity index is 982. The molecule has 0 spiro atoms. The van der Waals surface area contributed by atoms with Gasteiger partial charge in [-0.15, -0.1) is 0 Å². The first-order valence-corrected chi connectivity index (χ1v) is 8.89. The van der Waals surface area contributed by atoms with E-state index in [-0.39, 0.29) is 5.78 Å². The van der Waals surface area contributed by atoms with Crippen LogP contribution in [0.1, 0.15) is 34.3 Å². The average Bonchev–Trinajstić information content (AvgIpc) is 2.73. The highest BCUT2D eigenvalue weighted by molar-refractivity contribution is 6.06. The molecular weight excluding hydrogens is 332 g/mol. The van der Waals surface area contributed by atoms with Crippen molar-refractivity contribution in [2.45, 2.75) is 12.8 Å². The third-order valence-corrected chi connectivity index (χ3v) is 4.26. The molecule has 0 atom stereocenters. The molecule has 0 amide bonds. The van der Waals surface area contributed by atoms with E-state index in [4.69, 9.17) is 0 Å². The van der Waals surface area contributed by atoms with Crippen molar-refractivity contribution in [2.75, 3.05) is 0 Å². The summed E-state index contributed by atoms with van der Waals surface area (Å²) in [6, 6.07) is 17.2. The van der Waals surface area contributed by atoms with E-state index in [1.807, 2.05) is 78.8 Å². The Morgan fingerprint density at radius 2 is 1.78 bits per heavy atom. The van der Waals surface area contributed by atoms with Crippen LogP contribution in [0.5, 0.6) is 0 Å². The van der Waals surface area contributed by atoms with Gasteiger partial charge in [-0.1, -0.05) is 84.5 Å². The highest BCUT2D eigenvalue weighted by atomic mass is 16.1. The molecule has 1 aliphatic rings. The summed E-state index contributed by atoms with van der Waals surface area (Å²) in [6.07, 6.45) is 14.8. The van der Waals surface area contributed by atoms with E-state index in [1.165, 1.54) is 5.57 Å². The van der Waals surface area contributed by atoms with Crippen LogP contribution in [0.25, 0.3) is 12.2 Å². The number of hydrogen-bond acceptors (Lipinski definition) is 2. The van der Waals surface area contributed by atoms with Gasteiger partial charge in [0.2, 0.25) is 0 Å². The lowest BCUT2D eigenvalue weighted by Gasteiger charge is -2.06. The zero-order chi connectivity index (χ0) is 18.9. The molecule has 0 saturated carbocycles. The molecule has 2 heteroatoms. The average molecular weight is 352 g/mol. The lowest BCUT2D eigenvalue weighted by atomic mass is 9.98. The van der Waals surface area contributed by atoms with Crippen LogP contribution in [-0.4, -0.2) is 11.7 Å². The third kappa shape index (κ3) is 5.50. The van der Waals surface area contributed by atoms with Gasteiger partial charge < -0.3 is 0 Å². The van der Waals surface area contributed by atoms with Gasteiger partial charge in [-0.25, -0.2) is 4.79 Å². The standard InChI is InChI=1S/C25H20O2/c26-19-23-12-6-10-21(18-23)9-4-7-20-8-5-11-22(17-20)15-16-25(27)24-13-2-1-3-14-24/h1-8,10-17H,9,18H2/b7-4?,16-15+. The van der Waals surface area contributed by atoms with E-state index >= 15 is 0 Å².